The van der Waals surface area contributed by atoms with Crippen molar-refractivity contribution in [3.8, 4) is 33.9 Å². The zero-order valence-electron chi connectivity index (χ0n) is 18.9. The molecule has 5 aromatic rings. The molecule has 0 amide bonds. The van der Waals surface area contributed by atoms with Gasteiger partial charge < -0.3 is 15.6 Å². The Labute approximate surface area is 198 Å². The third kappa shape index (κ3) is 4.63. The largest absolute Gasteiger partial charge is 0.508 e. The number of aromatic hydroxyl groups is 1. The number of hydrogen-bond donors (Lipinski definition) is 3. The molecular formula is C28H26N4O2. The van der Waals surface area contributed by atoms with Gasteiger partial charge in [-0.15, -0.1) is 0 Å². The SMILES string of the molecule is Cc1[nH]nc2ccc(-c3cc(OC[C@H](N)Cc4ccccc4)cnc3-c3ccc(O)cc3)cc12. The second-order valence-corrected chi connectivity index (χ2v) is 8.46. The maximum Gasteiger partial charge on any atom is 0.138 e. The quantitative estimate of drug-likeness (QED) is 0.314. The number of fused-ring (bicyclic) bond motifs is 1. The van der Waals surface area contributed by atoms with Crippen LogP contribution in [0.1, 0.15) is 11.3 Å². The lowest BCUT2D eigenvalue weighted by atomic mass is 9.97. The number of pyridine rings is 1. The van der Waals surface area contributed by atoms with Crippen molar-refractivity contribution >= 4 is 10.9 Å². The highest BCUT2D eigenvalue weighted by Gasteiger charge is 2.14. The van der Waals surface area contributed by atoms with E-state index in [1.807, 2.05) is 55.5 Å². The van der Waals surface area contributed by atoms with E-state index in [0.717, 1.165) is 45.4 Å². The van der Waals surface area contributed by atoms with Gasteiger partial charge >= 0.3 is 0 Å². The van der Waals surface area contributed by atoms with Gasteiger partial charge in [-0.3, -0.25) is 10.1 Å². The number of rotatable bonds is 7. The van der Waals surface area contributed by atoms with Crippen molar-refractivity contribution in [1.82, 2.24) is 15.2 Å². The van der Waals surface area contributed by atoms with Crippen LogP contribution in [0.2, 0.25) is 0 Å². The van der Waals surface area contributed by atoms with Crippen molar-refractivity contribution in [2.75, 3.05) is 6.61 Å². The molecular weight excluding hydrogens is 424 g/mol. The smallest absolute Gasteiger partial charge is 0.138 e. The number of H-pyrrole nitrogens is 1. The minimum atomic E-state index is -0.132. The Morgan fingerprint density at radius 2 is 1.74 bits per heavy atom. The molecule has 34 heavy (non-hydrogen) atoms. The lowest BCUT2D eigenvalue weighted by Gasteiger charge is -2.16. The number of hydrogen-bond acceptors (Lipinski definition) is 5. The molecule has 2 aromatic heterocycles. The molecule has 6 nitrogen and oxygen atoms in total. The van der Waals surface area contributed by atoms with Gasteiger partial charge in [-0.25, -0.2) is 0 Å². The van der Waals surface area contributed by atoms with Gasteiger partial charge in [0.2, 0.25) is 0 Å². The van der Waals surface area contributed by atoms with Crippen molar-refractivity contribution < 1.29 is 9.84 Å². The molecule has 3 aromatic carbocycles. The Morgan fingerprint density at radius 1 is 0.971 bits per heavy atom. The molecule has 0 spiro atoms. The predicted octanol–water partition coefficient (Wildman–Crippen LogP) is 5.25. The van der Waals surface area contributed by atoms with E-state index >= 15 is 0 Å². The van der Waals surface area contributed by atoms with E-state index in [9.17, 15) is 5.11 Å². The van der Waals surface area contributed by atoms with E-state index in [1.54, 1.807) is 18.3 Å². The summed E-state index contributed by atoms with van der Waals surface area (Å²) >= 11 is 0. The molecule has 0 saturated carbocycles. The maximum atomic E-state index is 9.72. The van der Waals surface area contributed by atoms with Crippen LogP contribution in [-0.4, -0.2) is 32.9 Å². The fourth-order valence-corrected chi connectivity index (χ4v) is 4.08. The fourth-order valence-electron chi connectivity index (χ4n) is 4.08. The lowest BCUT2D eigenvalue weighted by Crippen LogP contribution is -2.30. The number of nitrogens with zero attached hydrogens (tertiary/aromatic N) is 2. The molecule has 2 heterocycles. The van der Waals surface area contributed by atoms with Gasteiger partial charge in [0.1, 0.15) is 18.1 Å². The Hall–Kier alpha value is -4.16. The van der Waals surface area contributed by atoms with Gasteiger partial charge in [0.15, 0.2) is 0 Å². The summed E-state index contributed by atoms with van der Waals surface area (Å²) in [4.78, 5) is 4.74. The van der Waals surface area contributed by atoms with E-state index in [1.165, 1.54) is 5.56 Å². The summed E-state index contributed by atoms with van der Waals surface area (Å²) in [5.74, 6) is 0.873. The minimum absolute atomic E-state index is 0.132. The Bertz CT molecular complexity index is 1410. The van der Waals surface area contributed by atoms with E-state index in [-0.39, 0.29) is 11.8 Å². The number of nitrogens with two attached hydrogens (primary N) is 1. The molecule has 0 aliphatic carbocycles. The van der Waals surface area contributed by atoms with Gasteiger partial charge in [-0.2, -0.15) is 5.10 Å². The molecule has 5 rings (SSSR count). The summed E-state index contributed by atoms with van der Waals surface area (Å²) < 4.78 is 6.06. The number of benzene rings is 3. The topological polar surface area (TPSA) is 97.0 Å². The van der Waals surface area contributed by atoms with E-state index < -0.39 is 0 Å². The summed E-state index contributed by atoms with van der Waals surface area (Å²) in [5, 5.41) is 18.2. The van der Waals surface area contributed by atoms with Crippen LogP contribution >= 0.6 is 0 Å². The van der Waals surface area contributed by atoms with Crippen LogP contribution < -0.4 is 10.5 Å². The predicted molar refractivity (Wildman–Crippen MR) is 135 cm³/mol. The number of aromatic nitrogens is 3. The monoisotopic (exact) mass is 450 g/mol. The molecule has 0 radical (unpaired) electrons. The van der Waals surface area contributed by atoms with Crippen molar-refractivity contribution in [3.05, 3.63) is 96.3 Å². The van der Waals surface area contributed by atoms with Crippen LogP contribution in [-0.2, 0) is 6.42 Å². The minimum Gasteiger partial charge on any atom is -0.508 e. The number of phenols is 1. The van der Waals surface area contributed by atoms with Crippen molar-refractivity contribution in [1.29, 1.82) is 0 Å². The van der Waals surface area contributed by atoms with Crippen LogP contribution in [0.3, 0.4) is 0 Å². The first-order valence-corrected chi connectivity index (χ1v) is 11.2. The summed E-state index contributed by atoms with van der Waals surface area (Å²) in [6.45, 7) is 2.39. The van der Waals surface area contributed by atoms with Crippen LogP contribution in [0.4, 0.5) is 0 Å². The zero-order chi connectivity index (χ0) is 23.5. The number of phenolic OH excluding ortho intramolecular Hbond substituents is 1. The molecule has 1 atom stereocenters. The van der Waals surface area contributed by atoms with Gasteiger partial charge in [-0.1, -0.05) is 36.4 Å². The van der Waals surface area contributed by atoms with Crippen LogP contribution in [0.5, 0.6) is 11.5 Å². The fraction of sp³-hybridized carbons (Fsp3) is 0.143. The van der Waals surface area contributed by atoms with Crippen molar-refractivity contribution in [2.24, 2.45) is 5.73 Å². The second kappa shape index (κ2) is 9.37. The number of aromatic amines is 1. The molecule has 0 aliphatic heterocycles. The highest BCUT2D eigenvalue weighted by Crippen LogP contribution is 2.35. The van der Waals surface area contributed by atoms with Gasteiger partial charge in [-0.05, 0) is 66.9 Å². The van der Waals surface area contributed by atoms with Gasteiger partial charge in [0, 0.05) is 28.2 Å². The first-order valence-electron chi connectivity index (χ1n) is 11.2. The molecule has 0 bridgehead atoms. The summed E-state index contributed by atoms with van der Waals surface area (Å²) in [5.41, 5.74) is 13.1. The van der Waals surface area contributed by atoms with E-state index in [0.29, 0.717) is 12.4 Å². The van der Waals surface area contributed by atoms with Crippen LogP contribution in [0.25, 0.3) is 33.3 Å². The normalized spacial score (nSPS) is 12.1. The molecule has 0 unspecified atom stereocenters. The highest BCUT2D eigenvalue weighted by molar-refractivity contribution is 5.90. The van der Waals surface area contributed by atoms with E-state index in [2.05, 4.69) is 28.4 Å². The first kappa shape index (κ1) is 21.7. The third-order valence-electron chi connectivity index (χ3n) is 5.86. The number of nitrogens with one attached hydrogen (secondary N) is 1. The zero-order valence-corrected chi connectivity index (χ0v) is 18.9. The molecule has 6 heteroatoms. The van der Waals surface area contributed by atoms with Crippen LogP contribution in [0, 0.1) is 6.92 Å². The summed E-state index contributed by atoms with van der Waals surface area (Å²) in [6.07, 6.45) is 2.46. The number of ether oxygens (including phenoxy) is 1. The van der Waals surface area contributed by atoms with Crippen molar-refractivity contribution in [2.45, 2.75) is 19.4 Å². The van der Waals surface area contributed by atoms with Gasteiger partial charge in [0.25, 0.3) is 0 Å². The first-order chi connectivity index (χ1) is 16.6. The van der Waals surface area contributed by atoms with Gasteiger partial charge in [0.05, 0.1) is 17.4 Å². The molecule has 0 aliphatic rings. The molecule has 0 saturated heterocycles. The summed E-state index contributed by atoms with van der Waals surface area (Å²) in [6, 6.07) is 25.2. The molecule has 0 fully saturated rings. The Kier molecular flexibility index (Phi) is 5.97. The highest BCUT2D eigenvalue weighted by atomic mass is 16.5. The summed E-state index contributed by atoms with van der Waals surface area (Å²) in [7, 11) is 0. The maximum absolute atomic E-state index is 9.72. The Balaban J connectivity index is 1.47. The third-order valence-corrected chi connectivity index (χ3v) is 5.86. The van der Waals surface area contributed by atoms with Crippen LogP contribution in [0.15, 0.2) is 85.1 Å². The molecule has 170 valence electrons. The Morgan fingerprint density at radius 3 is 2.53 bits per heavy atom. The molecule has 4 N–H and O–H groups in total. The van der Waals surface area contributed by atoms with E-state index in [4.69, 9.17) is 15.5 Å². The van der Waals surface area contributed by atoms with Crippen molar-refractivity contribution in [3.63, 3.8) is 0 Å². The average molecular weight is 451 g/mol. The lowest BCUT2D eigenvalue weighted by molar-refractivity contribution is 0.287. The number of aryl methyl sites for hydroxylation is 1. The average Bonchev–Trinajstić information content (AvgIpc) is 3.24. The standard InChI is InChI=1S/C28H26N4O2/c1-18-25-14-21(9-12-27(25)32-31-18)26-15-24(16-30-28(26)20-7-10-23(33)11-8-20)34-17-22(29)13-19-5-3-2-4-6-19/h2-12,14-16,22,33H,13,17,29H2,1H3,(H,31,32)/t22-/m1/s1. The second-order valence-electron chi connectivity index (χ2n) is 8.46.